The highest BCUT2D eigenvalue weighted by Crippen LogP contribution is 2.24. The van der Waals surface area contributed by atoms with Crippen molar-refractivity contribution in [2.45, 2.75) is 13.3 Å². The number of anilines is 1. The van der Waals surface area contributed by atoms with E-state index in [0.717, 1.165) is 4.47 Å². The van der Waals surface area contributed by atoms with Crippen molar-refractivity contribution in [3.8, 4) is 0 Å². The number of aliphatic carboxylic acids is 1. The lowest BCUT2D eigenvalue weighted by molar-refractivity contribution is -0.139. The Balaban J connectivity index is 2.52. The molecule has 1 rings (SSSR count). The summed E-state index contributed by atoms with van der Waals surface area (Å²) in [6, 6.07) is 1.77. The Bertz CT molecular complexity index is 377. The van der Waals surface area contributed by atoms with E-state index in [-0.39, 0.29) is 12.3 Å². The molecule has 0 spiro atoms. The molecule has 2 N–H and O–H groups in total. The molecule has 6 heteroatoms. The molecule has 1 aromatic rings. The van der Waals surface area contributed by atoms with E-state index in [1.165, 1.54) is 11.3 Å². The molecule has 82 valence electrons. The average molecular weight is 292 g/mol. The van der Waals surface area contributed by atoms with Crippen LogP contribution in [0.1, 0.15) is 13.3 Å². The van der Waals surface area contributed by atoms with Crippen LogP contribution in [0.25, 0.3) is 0 Å². The maximum absolute atomic E-state index is 11.5. The molecule has 4 nitrogen and oxygen atoms in total. The van der Waals surface area contributed by atoms with Gasteiger partial charge in [0.1, 0.15) is 0 Å². The number of carboxylic acids is 1. The molecule has 0 saturated heterocycles. The van der Waals surface area contributed by atoms with Crippen molar-refractivity contribution in [2.75, 3.05) is 5.32 Å². The third kappa shape index (κ3) is 4.01. The fourth-order valence-electron chi connectivity index (χ4n) is 0.978. The molecule has 1 atom stereocenters. The molecule has 0 aromatic carbocycles. The second-order valence-electron chi connectivity index (χ2n) is 3.12. The first kappa shape index (κ1) is 12.2. The number of halogens is 1. The molecule has 1 heterocycles. The van der Waals surface area contributed by atoms with Gasteiger partial charge in [0.25, 0.3) is 0 Å². The lowest BCUT2D eigenvalue weighted by Gasteiger charge is -2.07. The van der Waals surface area contributed by atoms with Gasteiger partial charge in [-0.3, -0.25) is 9.59 Å². The van der Waals surface area contributed by atoms with Crippen molar-refractivity contribution in [3.05, 3.63) is 15.9 Å². The highest BCUT2D eigenvalue weighted by Gasteiger charge is 2.16. The molecular weight excluding hydrogens is 282 g/mol. The Morgan fingerprint density at radius 1 is 1.67 bits per heavy atom. The SMILES string of the molecule is CC(CC(=O)O)C(=O)Nc1cc(Br)cs1. The predicted molar refractivity (Wildman–Crippen MR) is 62.1 cm³/mol. The molecule has 0 saturated carbocycles. The van der Waals surface area contributed by atoms with Crippen molar-refractivity contribution >= 4 is 44.1 Å². The molecular formula is C9H10BrNO3S. The van der Waals surface area contributed by atoms with Crippen LogP contribution in [-0.2, 0) is 9.59 Å². The number of hydrogen-bond acceptors (Lipinski definition) is 3. The van der Waals surface area contributed by atoms with E-state index in [0.29, 0.717) is 5.00 Å². The summed E-state index contributed by atoms with van der Waals surface area (Å²) < 4.78 is 0.897. The van der Waals surface area contributed by atoms with Gasteiger partial charge < -0.3 is 10.4 Å². The van der Waals surface area contributed by atoms with Gasteiger partial charge in [0.2, 0.25) is 5.91 Å². The van der Waals surface area contributed by atoms with E-state index in [4.69, 9.17) is 5.11 Å². The summed E-state index contributed by atoms with van der Waals surface area (Å²) in [5.74, 6) is -1.76. The van der Waals surface area contributed by atoms with Crippen LogP contribution >= 0.6 is 27.3 Å². The van der Waals surface area contributed by atoms with Crippen molar-refractivity contribution < 1.29 is 14.7 Å². The van der Waals surface area contributed by atoms with E-state index >= 15 is 0 Å². The predicted octanol–water partition coefficient (Wildman–Crippen LogP) is 2.56. The molecule has 0 radical (unpaired) electrons. The zero-order valence-corrected chi connectivity index (χ0v) is 10.4. The first-order valence-electron chi connectivity index (χ1n) is 4.25. The highest BCUT2D eigenvalue weighted by atomic mass is 79.9. The van der Waals surface area contributed by atoms with Crippen LogP contribution in [0.3, 0.4) is 0 Å². The lowest BCUT2D eigenvalue weighted by atomic mass is 10.1. The molecule has 0 aliphatic rings. The number of nitrogens with one attached hydrogen (secondary N) is 1. The quantitative estimate of drug-likeness (QED) is 0.896. The minimum atomic E-state index is -0.968. The molecule has 15 heavy (non-hydrogen) atoms. The topological polar surface area (TPSA) is 66.4 Å². The minimum Gasteiger partial charge on any atom is -0.481 e. The van der Waals surface area contributed by atoms with Gasteiger partial charge >= 0.3 is 5.97 Å². The summed E-state index contributed by atoms with van der Waals surface area (Å²) in [6.45, 7) is 1.59. The summed E-state index contributed by atoms with van der Waals surface area (Å²) in [4.78, 5) is 21.9. The van der Waals surface area contributed by atoms with Gasteiger partial charge in [-0.2, -0.15) is 0 Å². The maximum atomic E-state index is 11.5. The summed E-state index contributed by atoms with van der Waals surface area (Å²) >= 11 is 4.65. The molecule has 0 fully saturated rings. The van der Waals surface area contributed by atoms with Crippen LogP contribution in [0.15, 0.2) is 15.9 Å². The Morgan fingerprint density at radius 3 is 2.80 bits per heavy atom. The smallest absolute Gasteiger partial charge is 0.304 e. The summed E-state index contributed by atoms with van der Waals surface area (Å²) in [6.07, 6.45) is -0.154. The maximum Gasteiger partial charge on any atom is 0.304 e. The Hall–Kier alpha value is -0.880. The van der Waals surface area contributed by atoms with E-state index in [1.54, 1.807) is 13.0 Å². The van der Waals surface area contributed by atoms with Crippen LogP contribution in [0.2, 0.25) is 0 Å². The number of hydrogen-bond donors (Lipinski definition) is 2. The molecule has 0 aliphatic heterocycles. The first-order chi connectivity index (χ1) is 6.99. The average Bonchev–Trinajstić information content (AvgIpc) is 2.50. The van der Waals surface area contributed by atoms with Crippen LogP contribution in [0.4, 0.5) is 5.00 Å². The normalized spacial score (nSPS) is 12.1. The largest absolute Gasteiger partial charge is 0.481 e. The molecule has 1 amide bonds. The minimum absolute atomic E-state index is 0.154. The van der Waals surface area contributed by atoms with E-state index in [1.807, 2.05) is 5.38 Å². The monoisotopic (exact) mass is 291 g/mol. The summed E-state index contributed by atoms with van der Waals surface area (Å²) in [7, 11) is 0. The van der Waals surface area contributed by atoms with Crippen molar-refractivity contribution in [2.24, 2.45) is 5.92 Å². The van der Waals surface area contributed by atoms with Crippen LogP contribution in [0, 0.1) is 5.92 Å². The number of thiophene rings is 1. The van der Waals surface area contributed by atoms with Gasteiger partial charge in [-0.1, -0.05) is 6.92 Å². The number of rotatable bonds is 4. The van der Waals surface area contributed by atoms with Gasteiger partial charge in [0.15, 0.2) is 0 Å². The van der Waals surface area contributed by atoms with Gasteiger partial charge in [-0.05, 0) is 22.0 Å². The zero-order valence-electron chi connectivity index (χ0n) is 7.99. The number of carboxylic acid groups (broad SMARTS) is 1. The van der Waals surface area contributed by atoms with Crippen LogP contribution < -0.4 is 5.32 Å². The molecule has 0 bridgehead atoms. The van der Waals surface area contributed by atoms with Gasteiger partial charge in [-0.15, -0.1) is 11.3 Å². The highest BCUT2D eigenvalue weighted by molar-refractivity contribution is 9.10. The number of carbonyl (C=O) groups is 2. The van der Waals surface area contributed by atoms with E-state index in [2.05, 4.69) is 21.2 Å². The third-order valence-corrected chi connectivity index (χ3v) is 3.35. The van der Waals surface area contributed by atoms with E-state index in [9.17, 15) is 9.59 Å². The second kappa shape index (κ2) is 5.27. The van der Waals surface area contributed by atoms with Crippen molar-refractivity contribution in [1.29, 1.82) is 0 Å². The molecule has 0 aliphatic carbocycles. The van der Waals surface area contributed by atoms with E-state index < -0.39 is 11.9 Å². The number of amides is 1. The number of carbonyl (C=O) groups excluding carboxylic acids is 1. The zero-order chi connectivity index (χ0) is 11.4. The fraction of sp³-hybridized carbons (Fsp3) is 0.333. The fourth-order valence-corrected chi connectivity index (χ4v) is 2.30. The molecule has 1 unspecified atom stereocenters. The Kier molecular flexibility index (Phi) is 4.28. The standard InChI is InChI=1S/C9H10BrNO3S/c1-5(2-8(12)13)9(14)11-7-3-6(10)4-15-7/h3-5H,2H2,1H3,(H,11,14)(H,12,13). The van der Waals surface area contributed by atoms with Crippen molar-refractivity contribution in [3.63, 3.8) is 0 Å². The lowest BCUT2D eigenvalue weighted by Crippen LogP contribution is -2.22. The first-order valence-corrected chi connectivity index (χ1v) is 5.93. The Morgan fingerprint density at radius 2 is 2.33 bits per heavy atom. The summed E-state index contributed by atoms with van der Waals surface area (Å²) in [5.41, 5.74) is 0. The van der Waals surface area contributed by atoms with Gasteiger partial charge in [-0.25, -0.2) is 0 Å². The van der Waals surface area contributed by atoms with Gasteiger partial charge in [0, 0.05) is 15.8 Å². The van der Waals surface area contributed by atoms with Crippen LogP contribution in [-0.4, -0.2) is 17.0 Å². The van der Waals surface area contributed by atoms with Crippen LogP contribution in [0.5, 0.6) is 0 Å². The summed E-state index contributed by atoms with van der Waals surface area (Å²) in [5, 5.41) is 13.7. The second-order valence-corrected chi connectivity index (χ2v) is 4.94. The third-order valence-electron chi connectivity index (χ3n) is 1.74. The molecule has 1 aromatic heterocycles. The van der Waals surface area contributed by atoms with Crippen molar-refractivity contribution in [1.82, 2.24) is 0 Å². The van der Waals surface area contributed by atoms with Gasteiger partial charge in [0.05, 0.1) is 11.4 Å². The Labute approximate surface area is 99.4 Å².